The molecule has 1 aromatic rings. The zero-order valence-corrected chi connectivity index (χ0v) is 16.0. The van der Waals surface area contributed by atoms with Gasteiger partial charge in [0.05, 0.1) is 11.1 Å². The SMILES string of the molecule is CC(=O)N1C[C@@H]2C[C@@]3(C)[C@H](CCC[C@@H]13)N2C(=O)COc1ccccc1Cl. The van der Waals surface area contributed by atoms with Crippen LogP contribution in [-0.2, 0) is 9.59 Å². The van der Waals surface area contributed by atoms with Crippen molar-refractivity contribution >= 4 is 23.4 Å². The molecule has 0 N–H and O–H groups in total. The molecule has 5 nitrogen and oxygen atoms in total. The van der Waals surface area contributed by atoms with Gasteiger partial charge in [0.15, 0.2) is 6.61 Å². The first kappa shape index (κ1) is 17.7. The van der Waals surface area contributed by atoms with Gasteiger partial charge in [0.2, 0.25) is 5.91 Å². The number of carbonyl (C=O) groups is 2. The van der Waals surface area contributed by atoms with Crippen molar-refractivity contribution in [1.82, 2.24) is 9.80 Å². The molecule has 4 rings (SSSR count). The molecule has 3 fully saturated rings. The number of rotatable bonds is 3. The number of piperidine rings is 1. The van der Waals surface area contributed by atoms with Crippen molar-refractivity contribution in [2.24, 2.45) is 5.41 Å². The number of amides is 2. The third-order valence-electron chi connectivity index (χ3n) is 6.55. The van der Waals surface area contributed by atoms with Crippen LogP contribution < -0.4 is 4.74 Å². The Hall–Kier alpha value is -1.75. The summed E-state index contributed by atoms with van der Waals surface area (Å²) in [5.74, 6) is 0.644. The predicted molar refractivity (Wildman–Crippen MR) is 99.1 cm³/mol. The normalized spacial score (nSPS) is 32.5. The van der Waals surface area contributed by atoms with Crippen LogP contribution in [0.5, 0.6) is 5.75 Å². The number of benzene rings is 1. The van der Waals surface area contributed by atoms with Gasteiger partial charge in [-0.2, -0.15) is 0 Å². The molecule has 4 atom stereocenters. The van der Waals surface area contributed by atoms with Gasteiger partial charge in [-0.3, -0.25) is 9.59 Å². The number of carbonyl (C=O) groups excluding carboxylic acids is 2. The van der Waals surface area contributed by atoms with E-state index in [1.165, 1.54) is 0 Å². The van der Waals surface area contributed by atoms with Crippen molar-refractivity contribution in [3.63, 3.8) is 0 Å². The molecule has 2 amide bonds. The zero-order valence-electron chi connectivity index (χ0n) is 15.3. The lowest BCUT2D eigenvalue weighted by molar-refractivity contribution is -0.138. The maximum absolute atomic E-state index is 13.0. The van der Waals surface area contributed by atoms with E-state index in [1.54, 1.807) is 19.1 Å². The number of para-hydroxylation sites is 1. The summed E-state index contributed by atoms with van der Waals surface area (Å²) in [5.41, 5.74) is -0.00705. The minimum Gasteiger partial charge on any atom is -0.482 e. The number of ether oxygens (including phenoxy) is 1. The summed E-state index contributed by atoms with van der Waals surface area (Å²) >= 11 is 6.12. The monoisotopic (exact) mass is 376 g/mol. The van der Waals surface area contributed by atoms with E-state index < -0.39 is 0 Å². The lowest BCUT2D eigenvalue weighted by Gasteiger charge is -2.49. The first-order valence-electron chi connectivity index (χ1n) is 9.37. The fourth-order valence-electron chi connectivity index (χ4n) is 5.50. The molecule has 0 unspecified atom stereocenters. The molecule has 2 bridgehead atoms. The van der Waals surface area contributed by atoms with Crippen LogP contribution in [-0.4, -0.2) is 52.9 Å². The number of halogens is 1. The van der Waals surface area contributed by atoms with Crippen LogP contribution in [0, 0.1) is 5.41 Å². The third kappa shape index (κ3) is 2.68. The van der Waals surface area contributed by atoms with Gasteiger partial charge in [-0.05, 0) is 37.8 Å². The lowest BCUT2D eigenvalue weighted by Crippen LogP contribution is -2.57. The number of hydrogen-bond donors (Lipinski definition) is 0. The van der Waals surface area contributed by atoms with E-state index in [0.29, 0.717) is 17.3 Å². The van der Waals surface area contributed by atoms with Gasteiger partial charge in [-0.1, -0.05) is 30.7 Å². The quantitative estimate of drug-likeness (QED) is 0.814. The van der Waals surface area contributed by atoms with E-state index in [9.17, 15) is 9.59 Å². The standard InChI is InChI=1S/C20H25ClN2O3/c1-13(24)22-11-14-10-20(2)17(22)8-5-9-18(20)23(14)19(25)12-26-16-7-4-3-6-15(16)21/h3-4,6-7,14,17-18H,5,8-12H2,1-2H3/t14-,17+,18-,20+/m0/s1. The van der Waals surface area contributed by atoms with Gasteiger partial charge in [0, 0.05) is 31.0 Å². The van der Waals surface area contributed by atoms with Gasteiger partial charge < -0.3 is 14.5 Å². The molecule has 26 heavy (non-hydrogen) atoms. The van der Waals surface area contributed by atoms with E-state index in [2.05, 4.69) is 6.92 Å². The minimum absolute atomic E-state index is 0.00491. The topological polar surface area (TPSA) is 49.9 Å². The summed E-state index contributed by atoms with van der Waals surface area (Å²) in [4.78, 5) is 29.2. The Labute approximate surface area is 159 Å². The lowest BCUT2D eigenvalue weighted by atomic mass is 9.66. The Morgan fingerprint density at radius 2 is 2.00 bits per heavy atom. The van der Waals surface area contributed by atoms with E-state index in [1.807, 2.05) is 21.9 Å². The zero-order chi connectivity index (χ0) is 18.5. The third-order valence-corrected chi connectivity index (χ3v) is 6.86. The summed E-state index contributed by atoms with van der Waals surface area (Å²) in [5, 5.41) is 0.507. The molecule has 0 radical (unpaired) electrons. The Kier molecular flexibility index (Phi) is 4.38. The molecular weight excluding hydrogens is 352 g/mol. The number of likely N-dealkylation sites (tertiary alicyclic amines) is 2. The molecule has 6 heteroatoms. The molecular formula is C20H25ClN2O3. The van der Waals surface area contributed by atoms with Gasteiger partial charge >= 0.3 is 0 Å². The Morgan fingerprint density at radius 3 is 2.73 bits per heavy atom. The number of fused-ring (bicyclic) bond motifs is 1. The highest BCUT2D eigenvalue weighted by atomic mass is 35.5. The van der Waals surface area contributed by atoms with Crippen molar-refractivity contribution in [1.29, 1.82) is 0 Å². The summed E-state index contributed by atoms with van der Waals surface area (Å²) < 4.78 is 5.70. The van der Waals surface area contributed by atoms with Crippen LogP contribution in [0.4, 0.5) is 0 Å². The van der Waals surface area contributed by atoms with Gasteiger partial charge in [-0.25, -0.2) is 0 Å². The average Bonchev–Trinajstić information content (AvgIpc) is 2.90. The van der Waals surface area contributed by atoms with Crippen LogP contribution in [0.3, 0.4) is 0 Å². The second-order valence-electron chi connectivity index (χ2n) is 8.02. The highest BCUT2D eigenvalue weighted by molar-refractivity contribution is 6.32. The van der Waals surface area contributed by atoms with Crippen LogP contribution in [0.1, 0.15) is 39.5 Å². The van der Waals surface area contributed by atoms with Crippen molar-refractivity contribution < 1.29 is 14.3 Å². The van der Waals surface area contributed by atoms with Crippen LogP contribution in [0.15, 0.2) is 24.3 Å². The first-order valence-corrected chi connectivity index (χ1v) is 9.75. The smallest absolute Gasteiger partial charge is 0.261 e. The largest absolute Gasteiger partial charge is 0.482 e. The maximum Gasteiger partial charge on any atom is 0.261 e. The highest BCUT2D eigenvalue weighted by Crippen LogP contribution is 2.54. The van der Waals surface area contributed by atoms with Gasteiger partial charge in [-0.15, -0.1) is 0 Å². The molecule has 1 saturated carbocycles. The molecule has 2 heterocycles. The van der Waals surface area contributed by atoms with Crippen LogP contribution in [0.25, 0.3) is 0 Å². The predicted octanol–water partition coefficient (Wildman–Crippen LogP) is 3.11. The molecule has 0 spiro atoms. The summed E-state index contributed by atoms with van der Waals surface area (Å²) in [6.45, 7) is 4.53. The van der Waals surface area contributed by atoms with Crippen molar-refractivity contribution in [3.8, 4) is 5.75 Å². The maximum atomic E-state index is 13.0. The fraction of sp³-hybridized carbons (Fsp3) is 0.600. The second kappa shape index (κ2) is 6.45. The number of hydrogen-bond acceptors (Lipinski definition) is 3. The van der Waals surface area contributed by atoms with Gasteiger partial charge in [0.1, 0.15) is 5.75 Å². The van der Waals surface area contributed by atoms with Crippen LogP contribution in [0.2, 0.25) is 5.02 Å². The Balaban J connectivity index is 1.54. The fourth-order valence-corrected chi connectivity index (χ4v) is 5.69. The summed E-state index contributed by atoms with van der Waals surface area (Å²) in [6.07, 6.45) is 4.07. The molecule has 3 aliphatic rings. The van der Waals surface area contributed by atoms with E-state index >= 15 is 0 Å². The number of nitrogens with zero attached hydrogens (tertiary/aromatic N) is 2. The van der Waals surface area contributed by atoms with Gasteiger partial charge in [0.25, 0.3) is 5.91 Å². The molecule has 140 valence electrons. The van der Waals surface area contributed by atoms with Crippen molar-refractivity contribution in [2.75, 3.05) is 13.2 Å². The molecule has 0 aromatic heterocycles. The molecule has 1 aliphatic carbocycles. The summed E-state index contributed by atoms with van der Waals surface area (Å²) in [6, 6.07) is 7.72. The van der Waals surface area contributed by atoms with E-state index in [0.717, 1.165) is 25.7 Å². The first-order chi connectivity index (χ1) is 12.4. The molecule has 2 saturated heterocycles. The van der Waals surface area contributed by atoms with E-state index in [-0.39, 0.29) is 42.0 Å². The molecule has 2 aliphatic heterocycles. The Bertz CT molecular complexity index is 740. The molecule has 1 aromatic carbocycles. The van der Waals surface area contributed by atoms with E-state index in [4.69, 9.17) is 16.3 Å². The Morgan fingerprint density at radius 1 is 1.27 bits per heavy atom. The van der Waals surface area contributed by atoms with Crippen LogP contribution >= 0.6 is 11.6 Å². The van der Waals surface area contributed by atoms with Crippen molar-refractivity contribution in [3.05, 3.63) is 29.3 Å². The van der Waals surface area contributed by atoms with Crippen molar-refractivity contribution in [2.45, 2.75) is 57.7 Å². The minimum atomic E-state index is -0.0163. The highest BCUT2D eigenvalue weighted by Gasteiger charge is 2.61. The summed E-state index contributed by atoms with van der Waals surface area (Å²) in [7, 11) is 0. The average molecular weight is 377 g/mol. The second-order valence-corrected chi connectivity index (χ2v) is 8.42.